The van der Waals surface area contributed by atoms with Crippen LogP contribution in [-0.2, 0) is 0 Å². The first-order valence-corrected chi connectivity index (χ1v) is 7.03. The molecule has 0 radical (unpaired) electrons. The molecule has 0 aromatic heterocycles. The zero-order valence-electron chi connectivity index (χ0n) is 11.9. The summed E-state index contributed by atoms with van der Waals surface area (Å²) in [6, 6.07) is 9.55. The van der Waals surface area contributed by atoms with Gasteiger partial charge in [-0.25, -0.2) is 0 Å². The van der Waals surface area contributed by atoms with Crippen LogP contribution >= 0.6 is 0 Å². The van der Waals surface area contributed by atoms with E-state index >= 15 is 0 Å². The van der Waals surface area contributed by atoms with E-state index in [4.69, 9.17) is 0 Å². The Morgan fingerprint density at radius 1 is 1.17 bits per heavy atom. The summed E-state index contributed by atoms with van der Waals surface area (Å²) in [7, 11) is 0. The van der Waals surface area contributed by atoms with Gasteiger partial charge >= 0.3 is 0 Å². The highest BCUT2D eigenvalue weighted by Crippen LogP contribution is 2.17. The number of rotatable bonds is 1. The molecule has 0 bridgehead atoms. The summed E-state index contributed by atoms with van der Waals surface area (Å²) in [4.78, 5) is 14.0. The molecule has 100 valence electrons. The van der Waals surface area contributed by atoms with Gasteiger partial charge in [-0.1, -0.05) is 45.4 Å². The second-order valence-electron chi connectivity index (χ2n) is 5.05. The number of benzene rings is 1. The third kappa shape index (κ3) is 4.52. The van der Waals surface area contributed by atoms with Gasteiger partial charge in [0.05, 0.1) is 0 Å². The molecule has 0 unspecified atom stereocenters. The number of carbonyl (C=O) groups is 1. The Morgan fingerprint density at radius 3 is 2.17 bits per heavy atom. The Morgan fingerprint density at radius 2 is 1.67 bits per heavy atom. The van der Waals surface area contributed by atoms with Crippen molar-refractivity contribution >= 4 is 5.91 Å². The second-order valence-corrected chi connectivity index (χ2v) is 5.05. The van der Waals surface area contributed by atoms with Crippen molar-refractivity contribution in [2.24, 2.45) is 5.92 Å². The molecular formula is C16H25NO. The largest absolute Gasteiger partial charge is 0.339 e. The Bertz CT molecular complexity index is 339. The van der Waals surface area contributed by atoms with Gasteiger partial charge in [-0.2, -0.15) is 0 Å². The maximum atomic E-state index is 12.0. The normalized spacial score (nSPS) is 15.8. The standard InChI is InChI=1S/C13H17NO.C3H8/c1-11-7-9-14(10-8-11)13(15)12-5-3-2-4-6-12;1-3-2/h2-6,11H,7-10H2,1H3;3H2,1-2H3. The van der Waals surface area contributed by atoms with E-state index in [2.05, 4.69) is 20.8 Å². The lowest BCUT2D eigenvalue weighted by molar-refractivity contribution is 0.0697. The highest BCUT2D eigenvalue weighted by Gasteiger charge is 2.20. The van der Waals surface area contributed by atoms with Crippen LogP contribution in [0.4, 0.5) is 0 Å². The molecule has 1 amide bonds. The predicted octanol–water partition coefficient (Wildman–Crippen LogP) is 3.98. The van der Waals surface area contributed by atoms with Crippen LogP contribution < -0.4 is 0 Å². The summed E-state index contributed by atoms with van der Waals surface area (Å²) in [6.45, 7) is 8.33. The number of nitrogens with zero attached hydrogens (tertiary/aromatic N) is 1. The first-order valence-electron chi connectivity index (χ1n) is 7.03. The number of amides is 1. The lowest BCUT2D eigenvalue weighted by atomic mass is 9.98. The SMILES string of the molecule is CC1CCN(C(=O)c2ccccc2)CC1.CCC. The van der Waals surface area contributed by atoms with Crippen molar-refractivity contribution in [3.05, 3.63) is 35.9 Å². The highest BCUT2D eigenvalue weighted by molar-refractivity contribution is 5.94. The molecule has 0 aliphatic carbocycles. The van der Waals surface area contributed by atoms with Crippen molar-refractivity contribution < 1.29 is 4.79 Å². The summed E-state index contributed by atoms with van der Waals surface area (Å²) >= 11 is 0. The average Bonchev–Trinajstić information content (AvgIpc) is 2.41. The molecule has 2 nitrogen and oxygen atoms in total. The van der Waals surface area contributed by atoms with Gasteiger partial charge < -0.3 is 4.90 Å². The minimum absolute atomic E-state index is 0.183. The maximum Gasteiger partial charge on any atom is 0.253 e. The number of hydrogen-bond acceptors (Lipinski definition) is 1. The quantitative estimate of drug-likeness (QED) is 0.735. The van der Waals surface area contributed by atoms with Gasteiger partial charge in [0.15, 0.2) is 0 Å². The summed E-state index contributed by atoms with van der Waals surface area (Å²) < 4.78 is 0. The second kappa shape index (κ2) is 7.91. The molecule has 1 aliphatic heterocycles. The molecule has 0 N–H and O–H groups in total. The minimum Gasteiger partial charge on any atom is -0.339 e. The van der Waals surface area contributed by atoms with Crippen LogP contribution in [0.3, 0.4) is 0 Å². The molecule has 1 saturated heterocycles. The van der Waals surface area contributed by atoms with Crippen molar-refractivity contribution in [1.82, 2.24) is 4.90 Å². The van der Waals surface area contributed by atoms with Gasteiger partial charge in [0.1, 0.15) is 0 Å². The van der Waals surface area contributed by atoms with E-state index in [1.165, 1.54) is 6.42 Å². The zero-order valence-corrected chi connectivity index (χ0v) is 11.9. The fourth-order valence-corrected chi connectivity index (χ4v) is 1.97. The van der Waals surface area contributed by atoms with Crippen LogP contribution in [0.5, 0.6) is 0 Å². The van der Waals surface area contributed by atoms with Crippen LogP contribution in [0.25, 0.3) is 0 Å². The predicted molar refractivity (Wildman–Crippen MR) is 76.7 cm³/mol. The van der Waals surface area contributed by atoms with E-state index in [1.807, 2.05) is 35.2 Å². The van der Waals surface area contributed by atoms with Crippen LogP contribution in [-0.4, -0.2) is 23.9 Å². The molecule has 0 atom stereocenters. The van der Waals surface area contributed by atoms with E-state index in [9.17, 15) is 4.79 Å². The van der Waals surface area contributed by atoms with Gasteiger partial charge in [-0.05, 0) is 30.9 Å². The molecule has 1 aromatic rings. The van der Waals surface area contributed by atoms with Crippen molar-refractivity contribution in [3.63, 3.8) is 0 Å². The first kappa shape index (κ1) is 14.7. The van der Waals surface area contributed by atoms with E-state index in [1.54, 1.807) is 0 Å². The van der Waals surface area contributed by atoms with Crippen LogP contribution in [0.2, 0.25) is 0 Å². The molecule has 2 heteroatoms. The highest BCUT2D eigenvalue weighted by atomic mass is 16.2. The molecule has 0 spiro atoms. The maximum absolute atomic E-state index is 12.0. The van der Waals surface area contributed by atoms with Gasteiger partial charge in [0.2, 0.25) is 0 Å². The molecule has 1 heterocycles. The smallest absolute Gasteiger partial charge is 0.253 e. The van der Waals surface area contributed by atoms with Crippen molar-refractivity contribution in [2.75, 3.05) is 13.1 Å². The third-order valence-corrected chi connectivity index (χ3v) is 3.09. The van der Waals surface area contributed by atoms with Crippen molar-refractivity contribution in [3.8, 4) is 0 Å². The Hall–Kier alpha value is -1.31. The Balaban J connectivity index is 0.000000492. The molecule has 1 aromatic carbocycles. The molecule has 1 aliphatic rings. The van der Waals surface area contributed by atoms with E-state index in [-0.39, 0.29) is 5.91 Å². The molecule has 2 rings (SSSR count). The summed E-state index contributed by atoms with van der Waals surface area (Å²) in [5.74, 6) is 0.951. The van der Waals surface area contributed by atoms with Gasteiger partial charge in [0.25, 0.3) is 5.91 Å². The summed E-state index contributed by atoms with van der Waals surface area (Å²) in [6.07, 6.45) is 3.52. The lowest BCUT2D eigenvalue weighted by Gasteiger charge is -2.30. The fourth-order valence-electron chi connectivity index (χ4n) is 1.97. The lowest BCUT2D eigenvalue weighted by Crippen LogP contribution is -2.37. The van der Waals surface area contributed by atoms with Gasteiger partial charge in [-0.15, -0.1) is 0 Å². The molecule has 0 saturated carbocycles. The Kier molecular flexibility index (Phi) is 6.48. The van der Waals surface area contributed by atoms with Crippen molar-refractivity contribution in [1.29, 1.82) is 0 Å². The third-order valence-electron chi connectivity index (χ3n) is 3.09. The van der Waals surface area contributed by atoms with Gasteiger partial charge in [0, 0.05) is 18.7 Å². The number of likely N-dealkylation sites (tertiary alicyclic amines) is 1. The van der Waals surface area contributed by atoms with Crippen LogP contribution in [0.1, 0.15) is 50.4 Å². The first-order chi connectivity index (χ1) is 8.69. The summed E-state index contributed by atoms with van der Waals surface area (Å²) in [5.41, 5.74) is 0.812. The average molecular weight is 247 g/mol. The van der Waals surface area contributed by atoms with Crippen molar-refractivity contribution in [2.45, 2.75) is 40.0 Å². The Labute approximate surface area is 111 Å². The number of piperidine rings is 1. The monoisotopic (exact) mass is 247 g/mol. The molecule has 1 fully saturated rings. The van der Waals surface area contributed by atoms with Crippen LogP contribution in [0, 0.1) is 5.92 Å². The van der Waals surface area contributed by atoms with E-state index in [0.29, 0.717) is 0 Å². The fraction of sp³-hybridized carbons (Fsp3) is 0.562. The zero-order chi connectivity index (χ0) is 13.4. The van der Waals surface area contributed by atoms with Crippen LogP contribution in [0.15, 0.2) is 30.3 Å². The number of hydrogen-bond donors (Lipinski definition) is 0. The topological polar surface area (TPSA) is 20.3 Å². The number of carbonyl (C=O) groups excluding carboxylic acids is 1. The van der Waals surface area contributed by atoms with E-state index in [0.717, 1.165) is 37.4 Å². The van der Waals surface area contributed by atoms with Gasteiger partial charge in [-0.3, -0.25) is 4.79 Å². The summed E-state index contributed by atoms with van der Waals surface area (Å²) in [5, 5.41) is 0. The molecular weight excluding hydrogens is 222 g/mol. The van der Waals surface area contributed by atoms with E-state index < -0.39 is 0 Å². The molecule has 18 heavy (non-hydrogen) atoms. The minimum atomic E-state index is 0.183.